The summed E-state index contributed by atoms with van der Waals surface area (Å²) in [6.07, 6.45) is 0. The lowest BCUT2D eigenvalue weighted by atomic mass is 9.93. The first-order valence-electron chi connectivity index (χ1n) is 6.52. The Hall–Kier alpha value is -1.15. The number of carbonyl (C=O) groups is 1. The second-order valence-electron chi connectivity index (χ2n) is 5.37. The third kappa shape index (κ3) is 2.24. The van der Waals surface area contributed by atoms with Crippen molar-refractivity contribution in [1.82, 2.24) is 9.62 Å². The Morgan fingerprint density at radius 2 is 1.95 bits per heavy atom. The second-order valence-corrected chi connectivity index (χ2v) is 7.62. The highest BCUT2D eigenvalue weighted by atomic mass is 35.5. The molecule has 3 rings (SSSR count). The molecule has 0 aliphatic carbocycles. The molecule has 2 saturated heterocycles. The van der Waals surface area contributed by atoms with Crippen LogP contribution in [0.1, 0.15) is 6.92 Å². The van der Waals surface area contributed by atoms with Gasteiger partial charge >= 0.3 is 0 Å². The van der Waals surface area contributed by atoms with E-state index in [0.29, 0.717) is 5.02 Å². The zero-order valence-electron chi connectivity index (χ0n) is 11.4. The van der Waals surface area contributed by atoms with Crippen LogP contribution < -0.4 is 5.32 Å². The minimum absolute atomic E-state index is 0.125. The van der Waals surface area contributed by atoms with E-state index in [2.05, 4.69) is 5.32 Å². The van der Waals surface area contributed by atoms with Gasteiger partial charge in [0, 0.05) is 11.6 Å². The van der Waals surface area contributed by atoms with Gasteiger partial charge in [0.2, 0.25) is 15.9 Å². The lowest BCUT2D eigenvalue weighted by molar-refractivity contribution is -0.153. The van der Waals surface area contributed by atoms with Gasteiger partial charge in [0.15, 0.2) is 0 Å². The Labute approximate surface area is 128 Å². The van der Waals surface area contributed by atoms with E-state index >= 15 is 0 Å². The third-order valence-electron chi connectivity index (χ3n) is 3.90. The van der Waals surface area contributed by atoms with Crippen molar-refractivity contribution in [3.63, 3.8) is 0 Å². The van der Waals surface area contributed by atoms with Crippen molar-refractivity contribution in [3.8, 4) is 0 Å². The quantitative estimate of drug-likeness (QED) is 0.862. The molecule has 0 unspecified atom stereocenters. The van der Waals surface area contributed by atoms with Gasteiger partial charge < -0.3 is 10.1 Å². The normalized spacial score (nSPS) is 25.4. The lowest BCUT2D eigenvalue weighted by Crippen LogP contribution is -2.75. The monoisotopic (exact) mass is 330 g/mol. The molecule has 0 bridgehead atoms. The molecule has 1 aromatic carbocycles. The summed E-state index contributed by atoms with van der Waals surface area (Å²) in [4.78, 5) is 12.0. The summed E-state index contributed by atoms with van der Waals surface area (Å²) in [7, 11) is -3.80. The summed E-state index contributed by atoms with van der Waals surface area (Å²) in [5, 5.41) is 3.20. The molecule has 2 heterocycles. The number of nitrogens with zero attached hydrogens (tertiary/aromatic N) is 1. The summed E-state index contributed by atoms with van der Waals surface area (Å²) < 4.78 is 32.3. The van der Waals surface area contributed by atoms with Crippen LogP contribution in [0.5, 0.6) is 0 Å². The number of ether oxygens (including phenoxy) is 1. The fourth-order valence-electron chi connectivity index (χ4n) is 2.74. The molecule has 0 radical (unpaired) electrons. The molecule has 0 saturated carbocycles. The van der Waals surface area contributed by atoms with Crippen molar-refractivity contribution in [3.05, 3.63) is 29.3 Å². The number of amides is 1. The van der Waals surface area contributed by atoms with Crippen molar-refractivity contribution in [2.75, 3.05) is 19.8 Å². The highest BCUT2D eigenvalue weighted by molar-refractivity contribution is 7.89. The number of sulfonamides is 1. The number of carbonyl (C=O) groups excluding carboxylic acids is 1. The fraction of sp³-hybridized carbons (Fsp3) is 0.462. The van der Waals surface area contributed by atoms with E-state index in [1.807, 2.05) is 0 Å². The van der Waals surface area contributed by atoms with Gasteiger partial charge in [-0.05, 0) is 31.2 Å². The molecular weight excluding hydrogens is 316 g/mol. The van der Waals surface area contributed by atoms with Crippen LogP contribution in [-0.4, -0.2) is 50.0 Å². The van der Waals surface area contributed by atoms with Crippen LogP contribution in [-0.2, 0) is 19.6 Å². The predicted molar refractivity (Wildman–Crippen MR) is 76.5 cm³/mol. The molecule has 1 spiro atoms. The third-order valence-corrected chi connectivity index (χ3v) is 6.24. The first-order chi connectivity index (χ1) is 9.87. The zero-order valence-corrected chi connectivity index (χ0v) is 12.9. The van der Waals surface area contributed by atoms with Crippen molar-refractivity contribution < 1.29 is 17.9 Å². The van der Waals surface area contributed by atoms with E-state index in [4.69, 9.17) is 16.3 Å². The SMILES string of the molecule is C[C@H]1C(=O)NCC2(COC2)N1S(=O)(=O)c1ccc(Cl)cc1. The van der Waals surface area contributed by atoms with Crippen molar-refractivity contribution in [2.45, 2.75) is 23.4 Å². The maximum atomic E-state index is 12.9. The van der Waals surface area contributed by atoms with Gasteiger partial charge in [-0.1, -0.05) is 11.6 Å². The molecule has 114 valence electrons. The van der Waals surface area contributed by atoms with Crippen molar-refractivity contribution in [2.24, 2.45) is 0 Å². The first kappa shape index (κ1) is 14.8. The minimum atomic E-state index is -3.80. The van der Waals surface area contributed by atoms with Crippen LogP contribution in [0.2, 0.25) is 5.02 Å². The van der Waals surface area contributed by atoms with Crippen LogP contribution in [0.4, 0.5) is 0 Å². The number of hydrogen-bond donors (Lipinski definition) is 1. The summed E-state index contributed by atoms with van der Waals surface area (Å²) in [6.45, 7) is 2.42. The van der Waals surface area contributed by atoms with E-state index in [-0.39, 0.29) is 30.6 Å². The van der Waals surface area contributed by atoms with Gasteiger partial charge in [-0.15, -0.1) is 0 Å². The minimum Gasteiger partial charge on any atom is -0.377 e. The molecule has 1 aromatic rings. The Balaban J connectivity index is 2.05. The number of hydrogen-bond acceptors (Lipinski definition) is 4. The van der Waals surface area contributed by atoms with Gasteiger partial charge in [0.05, 0.1) is 18.1 Å². The molecule has 2 aliphatic heterocycles. The summed E-state index contributed by atoms with van der Waals surface area (Å²) in [5.41, 5.74) is -0.689. The molecule has 8 heteroatoms. The second kappa shape index (κ2) is 4.95. The molecule has 6 nitrogen and oxygen atoms in total. The van der Waals surface area contributed by atoms with Gasteiger partial charge in [0.25, 0.3) is 0 Å². The smallest absolute Gasteiger partial charge is 0.244 e. The summed E-state index contributed by atoms with van der Waals surface area (Å²) >= 11 is 5.80. The van der Waals surface area contributed by atoms with Crippen molar-refractivity contribution in [1.29, 1.82) is 0 Å². The average molecular weight is 331 g/mol. The maximum Gasteiger partial charge on any atom is 0.244 e. The number of benzene rings is 1. The molecule has 1 amide bonds. The molecule has 2 aliphatic rings. The molecule has 1 atom stereocenters. The molecular formula is C13H15ClN2O4S. The summed E-state index contributed by atoms with van der Waals surface area (Å²) in [6, 6.07) is 5.16. The maximum absolute atomic E-state index is 12.9. The van der Waals surface area contributed by atoms with E-state index in [0.717, 1.165) is 0 Å². The van der Waals surface area contributed by atoms with Gasteiger partial charge in [0.1, 0.15) is 11.6 Å². The molecule has 21 heavy (non-hydrogen) atoms. The Bertz CT molecular complexity index is 670. The standard InChI is InChI=1S/C13H15ClN2O4S/c1-9-12(17)15-6-13(7-20-8-13)16(9)21(18,19)11-4-2-10(14)3-5-11/h2-5,9H,6-8H2,1H3,(H,15,17)/t9-/m0/s1. The van der Waals surface area contributed by atoms with Gasteiger partial charge in [-0.3, -0.25) is 4.79 Å². The molecule has 1 N–H and O–H groups in total. The van der Waals surface area contributed by atoms with Crippen LogP contribution in [0.15, 0.2) is 29.2 Å². The van der Waals surface area contributed by atoms with Crippen LogP contribution in [0, 0.1) is 0 Å². The number of rotatable bonds is 2. The van der Waals surface area contributed by atoms with Gasteiger partial charge in [-0.25, -0.2) is 8.42 Å². The highest BCUT2D eigenvalue weighted by Crippen LogP contribution is 2.35. The van der Waals surface area contributed by atoms with Crippen molar-refractivity contribution >= 4 is 27.5 Å². The van der Waals surface area contributed by atoms with E-state index in [1.54, 1.807) is 6.92 Å². The molecule has 2 fully saturated rings. The predicted octanol–water partition coefficient (Wildman–Crippen LogP) is 0.618. The fourth-order valence-corrected chi connectivity index (χ4v) is 4.77. The Morgan fingerprint density at radius 3 is 2.48 bits per heavy atom. The number of halogens is 1. The van der Waals surface area contributed by atoms with E-state index in [1.165, 1.54) is 28.6 Å². The van der Waals surface area contributed by atoms with Crippen LogP contribution in [0.3, 0.4) is 0 Å². The topological polar surface area (TPSA) is 75.7 Å². The number of nitrogens with one attached hydrogen (secondary N) is 1. The summed E-state index contributed by atoms with van der Waals surface area (Å²) in [5.74, 6) is -0.301. The Kier molecular flexibility index (Phi) is 3.48. The Morgan fingerprint density at radius 1 is 1.33 bits per heavy atom. The number of piperazine rings is 1. The first-order valence-corrected chi connectivity index (χ1v) is 8.34. The molecule has 0 aromatic heterocycles. The van der Waals surface area contributed by atoms with Crippen LogP contribution >= 0.6 is 11.6 Å². The van der Waals surface area contributed by atoms with E-state index < -0.39 is 21.6 Å². The van der Waals surface area contributed by atoms with Crippen LogP contribution in [0.25, 0.3) is 0 Å². The largest absolute Gasteiger partial charge is 0.377 e. The zero-order chi connectivity index (χ0) is 15.3. The van der Waals surface area contributed by atoms with Gasteiger partial charge in [-0.2, -0.15) is 4.31 Å². The lowest BCUT2D eigenvalue weighted by Gasteiger charge is -2.53. The van der Waals surface area contributed by atoms with E-state index in [9.17, 15) is 13.2 Å². The average Bonchev–Trinajstić information content (AvgIpc) is 2.40. The highest BCUT2D eigenvalue weighted by Gasteiger charge is 2.56.